The van der Waals surface area contributed by atoms with Crippen LogP contribution in [0.2, 0.25) is 5.02 Å². The van der Waals surface area contributed by atoms with Crippen molar-refractivity contribution in [2.24, 2.45) is 0 Å². The molecule has 4 rings (SSSR count). The number of nitrogens with zero attached hydrogens (tertiary/aromatic N) is 3. The molecule has 1 N–H and O–H groups in total. The van der Waals surface area contributed by atoms with Crippen LogP contribution in [-0.2, 0) is 17.8 Å². The molecule has 2 heterocycles. The first kappa shape index (κ1) is 19.0. The number of amides is 1. The fraction of sp³-hybridized carbons (Fsp3) is 0.190. The van der Waals surface area contributed by atoms with E-state index in [1.807, 2.05) is 41.8 Å². The molecule has 0 unspecified atom stereocenters. The number of aryl methyl sites for hydroxylation is 1. The summed E-state index contributed by atoms with van der Waals surface area (Å²) in [6.45, 7) is 2.00. The molecule has 0 saturated heterocycles. The Morgan fingerprint density at radius 2 is 2.03 bits per heavy atom. The van der Waals surface area contributed by atoms with Crippen LogP contribution in [0.3, 0.4) is 0 Å². The molecule has 0 spiro atoms. The lowest BCUT2D eigenvalue weighted by atomic mass is 10.2. The maximum atomic E-state index is 12.9. The summed E-state index contributed by atoms with van der Waals surface area (Å²) in [7, 11) is 1.54. The molecule has 0 aliphatic carbocycles. The van der Waals surface area contributed by atoms with E-state index in [0.717, 1.165) is 10.9 Å². The van der Waals surface area contributed by atoms with Crippen molar-refractivity contribution >= 4 is 34.1 Å². The normalized spacial score (nSPS) is 11.0. The van der Waals surface area contributed by atoms with Crippen LogP contribution in [0.15, 0.2) is 52.9 Å². The number of methoxy groups -OCH3 is 1. The third kappa shape index (κ3) is 3.82. The molecule has 7 nitrogen and oxygen atoms in total. The van der Waals surface area contributed by atoms with Gasteiger partial charge in [-0.2, -0.15) is 0 Å². The zero-order valence-corrected chi connectivity index (χ0v) is 16.7. The van der Waals surface area contributed by atoms with E-state index in [1.54, 1.807) is 18.2 Å². The van der Waals surface area contributed by atoms with Crippen LogP contribution < -0.4 is 10.1 Å². The van der Waals surface area contributed by atoms with Gasteiger partial charge in [-0.05, 0) is 30.3 Å². The molecule has 148 valence electrons. The number of benzene rings is 2. The predicted molar refractivity (Wildman–Crippen MR) is 111 cm³/mol. The molecular formula is C21H19ClN4O3. The molecule has 8 heteroatoms. The first-order valence-electron chi connectivity index (χ1n) is 9.13. The number of fused-ring (bicyclic) bond motifs is 1. The number of rotatable bonds is 6. The maximum Gasteiger partial charge on any atom is 0.264 e. The van der Waals surface area contributed by atoms with Crippen molar-refractivity contribution in [2.45, 2.75) is 19.9 Å². The van der Waals surface area contributed by atoms with E-state index in [4.69, 9.17) is 20.8 Å². The minimum Gasteiger partial charge on any atom is -0.495 e. The lowest BCUT2D eigenvalue weighted by molar-refractivity contribution is -0.116. The summed E-state index contributed by atoms with van der Waals surface area (Å²) in [6, 6.07) is 14.8. The summed E-state index contributed by atoms with van der Waals surface area (Å²) in [5, 5.41) is 12.5. The summed E-state index contributed by atoms with van der Waals surface area (Å²) in [5.41, 5.74) is 2.09. The lowest BCUT2D eigenvalue weighted by Crippen LogP contribution is -2.19. The molecule has 0 aliphatic rings. The summed E-state index contributed by atoms with van der Waals surface area (Å²) >= 11 is 6.06. The van der Waals surface area contributed by atoms with Gasteiger partial charge in [0, 0.05) is 22.3 Å². The number of halogens is 1. The van der Waals surface area contributed by atoms with E-state index >= 15 is 0 Å². The van der Waals surface area contributed by atoms with Crippen molar-refractivity contribution in [1.29, 1.82) is 0 Å². The number of hydrogen-bond donors (Lipinski definition) is 1. The van der Waals surface area contributed by atoms with Crippen LogP contribution in [0.1, 0.15) is 12.8 Å². The predicted octanol–water partition coefficient (Wildman–Crippen LogP) is 4.55. The largest absolute Gasteiger partial charge is 0.495 e. The highest BCUT2D eigenvalue weighted by atomic mass is 35.5. The Morgan fingerprint density at radius 3 is 2.79 bits per heavy atom. The van der Waals surface area contributed by atoms with Gasteiger partial charge in [0.2, 0.25) is 11.8 Å². The zero-order chi connectivity index (χ0) is 20.4. The number of hydrogen-bond acceptors (Lipinski definition) is 5. The first-order chi connectivity index (χ1) is 14.1. The number of carbonyl (C=O) groups excluding carboxylic acids is 1. The Bertz CT molecular complexity index is 1180. The summed E-state index contributed by atoms with van der Waals surface area (Å²) < 4.78 is 12.9. The van der Waals surface area contributed by atoms with Gasteiger partial charge < -0.3 is 19.0 Å². The van der Waals surface area contributed by atoms with E-state index in [1.165, 1.54) is 7.11 Å². The van der Waals surface area contributed by atoms with Crippen LogP contribution in [0.25, 0.3) is 22.5 Å². The SMILES string of the molecule is CCc1nnc(-c2cc3ccccc3n2CC(=O)Nc2cc(Cl)ccc2OC)o1. The van der Waals surface area contributed by atoms with Crippen molar-refractivity contribution < 1.29 is 13.9 Å². The highest BCUT2D eigenvalue weighted by molar-refractivity contribution is 6.31. The van der Waals surface area contributed by atoms with Crippen molar-refractivity contribution in [3.8, 4) is 17.3 Å². The standard InChI is InChI=1S/C21H19ClN4O3/c1-3-20-24-25-21(29-20)17-10-13-6-4-5-7-16(13)26(17)12-19(27)23-15-11-14(22)8-9-18(15)28-2/h4-11H,3,12H2,1-2H3,(H,23,27). The quantitative estimate of drug-likeness (QED) is 0.504. The Balaban J connectivity index is 1.69. The molecule has 0 aliphatic heterocycles. The summed E-state index contributed by atoms with van der Waals surface area (Å²) in [6.07, 6.45) is 0.641. The molecule has 1 amide bonds. The molecule has 2 aromatic carbocycles. The van der Waals surface area contributed by atoms with E-state index in [2.05, 4.69) is 15.5 Å². The molecule has 0 atom stereocenters. The van der Waals surface area contributed by atoms with Crippen molar-refractivity contribution in [1.82, 2.24) is 14.8 Å². The maximum absolute atomic E-state index is 12.9. The number of nitrogens with one attached hydrogen (secondary N) is 1. The number of aromatic nitrogens is 3. The highest BCUT2D eigenvalue weighted by Crippen LogP contribution is 2.30. The Hall–Kier alpha value is -3.32. The first-order valence-corrected chi connectivity index (χ1v) is 9.51. The smallest absolute Gasteiger partial charge is 0.264 e. The number of carbonyl (C=O) groups is 1. The van der Waals surface area contributed by atoms with Crippen molar-refractivity contribution in [2.75, 3.05) is 12.4 Å². The van der Waals surface area contributed by atoms with Crippen LogP contribution >= 0.6 is 11.6 Å². The third-order valence-electron chi connectivity index (χ3n) is 4.54. The summed E-state index contributed by atoms with van der Waals surface area (Å²) in [4.78, 5) is 12.9. The van der Waals surface area contributed by atoms with Gasteiger partial charge in [0.25, 0.3) is 5.89 Å². The molecule has 0 radical (unpaired) electrons. The second kappa shape index (κ2) is 7.97. The van der Waals surface area contributed by atoms with Gasteiger partial charge in [-0.15, -0.1) is 10.2 Å². The van der Waals surface area contributed by atoms with Crippen molar-refractivity contribution in [3.63, 3.8) is 0 Å². The number of para-hydroxylation sites is 1. The van der Waals surface area contributed by atoms with Gasteiger partial charge in [-0.1, -0.05) is 36.7 Å². The second-order valence-electron chi connectivity index (χ2n) is 6.42. The van der Waals surface area contributed by atoms with E-state index in [9.17, 15) is 4.79 Å². The van der Waals surface area contributed by atoms with Gasteiger partial charge in [0.05, 0.1) is 12.8 Å². The van der Waals surface area contributed by atoms with Crippen LogP contribution in [0.5, 0.6) is 5.75 Å². The van der Waals surface area contributed by atoms with E-state index in [0.29, 0.717) is 40.4 Å². The molecule has 0 saturated carbocycles. The Kier molecular flexibility index (Phi) is 5.22. The fourth-order valence-electron chi connectivity index (χ4n) is 3.17. The third-order valence-corrected chi connectivity index (χ3v) is 4.77. The molecule has 2 aromatic heterocycles. The van der Waals surface area contributed by atoms with Gasteiger partial charge in [0.1, 0.15) is 18.0 Å². The topological polar surface area (TPSA) is 82.2 Å². The Morgan fingerprint density at radius 1 is 1.21 bits per heavy atom. The average molecular weight is 411 g/mol. The molecule has 4 aromatic rings. The average Bonchev–Trinajstić information content (AvgIpc) is 3.33. The second-order valence-corrected chi connectivity index (χ2v) is 6.86. The van der Waals surface area contributed by atoms with Crippen LogP contribution in [-0.4, -0.2) is 27.8 Å². The summed E-state index contributed by atoms with van der Waals surface area (Å²) in [5.74, 6) is 1.23. The van der Waals surface area contributed by atoms with Gasteiger partial charge in [-0.25, -0.2) is 0 Å². The highest BCUT2D eigenvalue weighted by Gasteiger charge is 2.18. The van der Waals surface area contributed by atoms with Crippen molar-refractivity contribution in [3.05, 3.63) is 59.4 Å². The molecule has 29 heavy (non-hydrogen) atoms. The minimum atomic E-state index is -0.233. The fourth-order valence-corrected chi connectivity index (χ4v) is 3.34. The molecular weight excluding hydrogens is 392 g/mol. The van der Waals surface area contributed by atoms with E-state index < -0.39 is 0 Å². The zero-order valence-electron chi connectivity index (χ0n) is 16.0. The van der Waals surface area contributed by atoms with Gasteiger partial charge >= 0.3 is 0 Å². The van der Waals surface area contributed by atoms with E-state index in [-0.39, 0.29) is 12.5 Å². The lowest BCUT2D eigenvalue weighted by Gasteiger charge is -2.12. The minimum absolute atomic E-state index is 0.0579. The number of anilines is 1. The van der Waals surface area contributed by atoms with Gasteiger partial charge in [0.15, 0.2) is 0 Å². The van der Waals surface area contributed by atoms with Crippen LogP contribution in [0.4, 0.5) is 5.69 Å². The van der Waals surface area contributed by atoms with Crippen LogP contribution in [0, 0.1) is 0 Å². The monoisotopic (exact) mass is 410 g/mol. The molecule has 0 bridgehead atoms. The Labute approximate surface area is 172 Å². The van der Waals surface area contributed by atoms with Gasteiger partial charge in [-0.3, -0.25) is 4.79 Å². The number of ether oxygens (including phenoxy) is 1. The molecule has 0 fully saturated rings.